The van der Waals surface area contributed by atoms with Crippen LogP contribution < -0.4 is 9.44 Å². The molecule has 0 saturated carbocycles. The van der Waals surface area contributed by atoms with Crippen LogP contribution in [-0.4, -0.2) is 28.5 Å². The van der Waals surface area contributed by atoms with Gasteiger partial charge in [-0.3, -0.25) is 19.0 Å². The average Bonchev–Trinajstić information content (AvgIpc) is 1.78. The second-order valence-electron chi connectivity index (χ2n) is 3.76. The summed E-state index contributed by atoms with van der Waals surface area (Å²) in [5.41, 5.74) is 0. The zero-order chi connectivity index (χ0) is 11.4. The lowest BCUT2D eigenvalue weighted by Gasteiger charge is -2.35. The molecule has 0 rings (SSSR count). The first-order chi connectivity index (χ1) is 6.14. The Kier molecular flexibility index (Phi) is 3.81. The Bertz CT molecular complexity index is 306. The highest BCUT2D eigenvalue weighted by Gasteiger charge is 2.26. The Morgan fingerprint density at radius 3 is 2.07 bits per heavy atom. The largest absolute Gasteiger partial charge is 0.281 e. The second kappa shape index (κ2) is 4.08. The minimum atomic E-state index is -3.53. The number of amides is 2. The van der Waals surface area contributed by atoms with Crippen molar-refractivity contribution in [3.8, 4) is 0 Å². The summed E-state index contributed by atoms with van der Waals surface area (Å²) in [5.74, 6) is -0.743. The van der Waals surface area contributed by atoms with Crippen molar-refractivity contribution in [3.05, 3.63) is 0 Å². The van der Waals surface area contributed by atoms with Crippen LogP contribution in [0.2, 0.25) is 0 Å². The van der Waals surface area contributed by atoms with E-state index in [1.165, 1.54) is 19.4 Å². The van der Waals surface area contributed by atoms with Gasteiger partial charge in [0, 0.05) is 35.3 Å². The summed E-state index contributed by atoms with van der Waals surface area (Å²) >= 11 is 0. The molecule has 0 aliphatic rings. The van der Waals surface area contributed by atoms with Gasteiger partial charge < -0.3 is 0 Å². The molecule has 6 heteroatoms. The Morgan fingerprint density at radius 1 is 1.21 bits per heavy atom. The van der Waals surface area contributed by atoms with E-state index in [1.807, 2.05) is 6.92 Å². The molecular formula is C8H18N2O3S. The van der Waals surface area contributed by atoms with Gasteiger partial charge in [0.25, 0.3) is 0 Å². The molecule has 14 heavy (non-hydrogen) atoms. The van der Waals surface area contributed by atoms with Crippen molar-refractivity contribution in [1.82, 2.24) is 9.44 Å². The number of hydrogen-bond acceptors (Lipinski definition) is 3. The molecule has 2 N–H and O–H groups in total. The predicted molar refractivity (Wildman–Crippen MR) is 56.9 cm³/mol. The van der Waals surface area contributed by atoms with Gasteiger partial charge in [0.15, 0.2) is 0 Å². The molecule has 0 saturated heterocycles. The Balaban J connectivity index is 4.52. The van der Waals surface area contributed by atoms with Crippen molar-refractivity contribution in [2.45, 2.75) is 26.7 Å². The highest BCUT2D eigenvalue weighted by atomic mass is 32.3. The van der Waals surface area contributed by atoms with Crippen molar-refractivity contribution >= 4 is 21.3 Å². The lowest BCUT2D eigenvalue weighted by atomic mass is 10.3. The van der Waals surface area contributed by atoms with Gasteiger partial charge in [-0.15, -0.1) is 0 Å². The quantitative estimate of drug-likeness (QED) is 0.700. The van der Waals surface area contributed by atoms with Gasteiger partial charge in [0.2, 0.25) is 11.8 Å². The lowest BCUT2D eigenvalue weighted by molar-refractivity contribution is -0.119. The molecule has 5 nitrogen and oxygen atoms in total. The van der Waals surface area contributed by atoms with Crippen LogP contribution in [0, 0.1) is 0 Å². The highest BCUT2D eigenvalue weighted by molar-refractivity contribution is 8.16. The third kappa shape index (κ3) is 5.69. The Morgan fingerprint density at radius 2 is 1.71 bits per heavy atom. The maximum atomic E-state index is 12.0. The fraction of sp³-hybridized carbons (Fsp3) is 0.750. The molecule has 0 spiro atoms. The number of nitrogens with one attached hydrogen (secondary N) is 2. The van der Waals surface area contributed by atoms with E-state index in [4.69, 9.17) is 0 Å². The van der Waals surface area contributed by atoms with Gasteiger partial charge >= 0.3 is 0 Å². The van der Waals surface area contributed by atoms with Crippen LogP contribution in [0.5, 0.6) is 0 Å². The van der Waals surface area contributed by atoms with Crippen molar-refractivity contribution in [1.29, 1.82) is 0 Å². The topological polar surface area (TPSA) is 75.3 Å². The molecule has 0 aromatic heterocycles. The van der Waals surface area contributed by atoms with E-state index in [2.05, 4.69) is 9.44 Å². The molecule has 0 atom stereocenters. The maximum Gasteiger partial charge on any atom is 0.231 e. The molecule has 0 aromatic carbocycles. The summed E-state index contributed by atoms with van der Waals surface area (Å²) in [6.45, 7) is 3.10. The first-order valence-corrected chi connectivity index (χ1v) is 7.14. The molecule has 84 valence electrons. The van der Waals surface area contributed by atoms with E-state index >= 15 is 0 Å². The first-order valence-electron chi connectivity index (χ1n) is 4.36. The van der Waals surface area contributed by atoms with E-state index < -0.39 is 15.3 Å². The molecule has 0 heterocycles. The first kappa shape index (κ1) is 13.1. The molecular weight excluding hydrogens is 204 g/mol. The smallest absolute Gasteiger partial charge is 0.231 e. The van der Waals surface area contributed by atoms with Gasteiger partial charge in [-0.1, -0.05) is 6.92 Å². The Hall–Kier alpha value is -0.910. The van der Waals surface area contributed by atoms with Crippen molar-refractivity contribution in [2.75, 3.05) is 12.5 Å². The van der Waals surface area contributed by atoms with E-state index in [-0.39, 0.29) is 5.91 Å². The SMILES string of the molecule is CCCC(=O)NS(C)(C)(=O)NC(C)=O. The van der Waals surface area contributed by atoms with Crippen LogP contribution in [0.3, 0.4) is 0 Å². The van der Waals surface area contributed by atoms with E-state index in [1.54, 1.807) is 0 Å². The minimum Gasteiger partial charge on any atom is -0.281 e. The van der Waals surface area contributed by atoms with E-state index in [0.717, 1.165) is 0 Å². The second-order valence-corrected chi connectivity index (χ2v) is 7.82. The minimum absolute atomic E-state index is 0.301. The van der Waals surface area contributed by atoms with E-state index in [9.17, 15) is 13.8 Å². The van der Waals surface area contributed by atoms with Gasteiger partial charge in [-0.25, -0.2) is 4.21 Å². The van der Waals surface area contributed by atoms with Crippen LogP contribution in [0.4, 0.5) is 0 Å². The number of hydrogen-bond donors (Lipinski definition) is 2. The fourth-order valence-electron chi connectivity index (χ4n) is 1.05. The van der Waals surface area contributed by atoms with Gasteiger partial charge in [0.1, 0.15) is 0 Å². The van der Waals surface area contributed by atoms with Crippen LogP contribution in [0.15, 0.2) is 0 Å². The normalized spacial score (nSPS) is 13.9. The standard InChI is InChI=1S/C8H18N2O3S/c1-5-6-8(12)10-14(3,4,13)9-7(2)11/h5-6H2,1-4H3,(H2,9,10,11,12,13). The fourth-order valence-corrected chi connectivity index (χ4v) is 2.70. The molecule has 0 bridgehead atoms. The summed E-state index contributed by atoms with van der Waals surface area (Å²) in [5, 5.41) is 0. The zero-order valence-corrected chi connectivity index (χ0v) is 9.86. The molecule has 0 unspecified atom stereocenters. The molecule has 0 aliphatic carbocycles. The summed E-state index contributed by atoms with van der Waals surface area (Å²) in [6, 6.07) is 0. The monoisotopic (exact) mass is 222 g/mol. The van der Waals surface area contributed by atoms with Gasteiger partial charge in [-0.05, 0) is 6.42 Å². The number of carbonyl (C=O) groups excluding carboxylic acids is 2. The van der Waals surface area contributed by atoms with Gasteiger partial charge in [-0.2, -0.15) is 0 Å². The van der Waals surface area contributed by atoms with Crippen LogP contribution in [0.25, 0.3) is 0 Å². The molecule has 0 radical (unpaired) electrons. The number of rotatable bonds is 4. The van der Waals surface area contributed by atoms with Crippen molar-refractivity contribution in [3.63, 3.8) is 0 Å². The van der Waals surface area contributed by atoms with E-state index in [0.29, 0.717) is 12.8 Å². The highest BCUT2D eigenvalue weighted by Crippen LogP contribution is 2.07. The average molecular weight is 222 g/mol. The Labute approximate surface area is 84.3 Å². The summed E-state index contributed by atoms with van der Waals surface area (Å²) < 4.78 is 16.6. The van der Waals surface area contributed by atoms with Crippen LogP contribution in [-0.2, 0) is 19.0 Å². The summed E-state index contributed by atoms with van der Waals surface area (Å²) in [7, 11) is -3.53. The third-order valence-electron chi connectivity index (χ3n) is 1.33. The zero-order valence-electron chi connectivity index (χ0n) is 9.05. The summed E-state index contributed by atoms with van der Waals surface area (Å²) in [6.07, 6.45) is 3.63. The third-order valence-corrected chi connectivity index (χ3v) is 3.03. The van der Waals surface area contributed by atoms with Gasteiger partial charge in [0.05, 0.1) is 0 Å². The maximum absolute atomic E-state index is 12.0. The molecule has 2 amide bonds. The predicted octanol–water partition coefficient (Wildman–Crippen LogP) is -0.0515. The molecule has 0 aliphatic heterocycles. The molecule has 0 fully saturated rings. The molecule has 0 aromatic rings. The van der Waals surface area contributed by atoms with Crippen LogP contribution in [0.1, 0.15) is 26.7 Å². The summed E-state index contributed by atoms with van der Waals surface area (Å²) in [4.78, 5) is 22.0. The van der Waals surface area contributed by atoms with Crippen LogP contribution >= 0.6 is 0 Å². The number of carbonyl (C=O) groups is 2. The lowest BCUT2D eigenvalue weighted by Crippen LogP contribution is -2.59. The van der Waals surface area contributed by atoms with Crippen molar-refractivity contribution in [2.24, 2.45) is 0 Å². The van der Waals surface area contributed by atoms with Crippen molar-refractivity contribution < 1.29 is 13.8 Å².